The number of nitrogens with one attached hydrogen (secondary N) is 1. The van der Waals surface area contributed by atoms with Gasteiger partial charge in [-0.2, -0.15) is 0 Å². The number of nitrogens with zero attached hydrogens (tertiary/aromatic N) is 2. The molecule has 0 spiro atoms. The molecular formula is C15H21N3S. The Balaban J connectivity index is 2.04. The predicted molar refractivity (Wildman–Crippen MR) is 81.9 cm³/mol. The third kappa shape index (κ3) is 3.53. The third-order valence-corrected chi connectivity index (χ3v) is 4.20. The Morgan fingerprint density at radius 1 is 1.16 bits per heavy atom. The van der Waals surface area contributed by atoms with Crippen LogP contribution in [0.2, 0.25) is 0 Å². The fraction of sp³-hybridized carbons (Fsp3) is 0.467. The summed E-state index contributed by atoms with van der Waals surface area (Å²) in [4.78, 5) is 9.13. The van der Waals surface area contributed by atoms with Crippen LogP contribution in [-0.4, -0.2) is 9.97 Å². The van der Waals surface area contributed by atoms with E-state index in [2.05, 4.69) is 47.5 Å². The van der Waals surface area contributed by atoms with Gasteiger partial charge < -0.3 is 5.32 Å². The topological polar surface area (TPSA) is 37.8 Å². The molecule has 0 atom stereocenters. The lowest BCUT2D eigenvalue weighted by molar-refractivity contribution is 0.583. The highest BCUT2D eigenvalue weighted by atomic mass is 32.1. The van der Waals surface area contributed by atoms with Gasteiger partial charge in [0.1, 0.15) is 0 Å². The zero-order valence-electron chi connectivity index (χ0n) is 12.2. The second-order valence-electron chi connectivity index (χ2n) is 5.83. The van der Waals surface area contributed by atoms with Crippen molar-refractivity contribution in [2.24, 2.45) is 0 Å². The summed E-state index contributed by atoms with van der Waals surface area (Å²) in [5, 5.41) is 6.72. The Labute approximate surface area is 119 Å². The van der Waals surface area contributed by atoms with Crippen molar-refractivity contribution in [2.75, 3.05) is 5.32 Å². The van der Waals surface area contributed by atoms with Gasteiger partial charge in [0, 0.05) is 16.5 Å². The summed E-state index contributed by atoms with van der Waals surface area (Å²) >= 11 is 1.73. The van der Waals surface area contributed by atoms with Gasteiger partial charge in [-0.1, -0.05) is 20.8 Å². The van der Waals surface area contributed by atoms with Crippen LogP contribution >= 0.6 is 11.3 Å². The van der Waals surface area contributed by atoms with Crippen molar-refractivity contribution < 1.29 is 0 Å². The number of aromatic nitrogens is 2. The van der Waals surface area contributed by atoms with E-state index >= 15 is 0 Å². The fourth-order valence-electron chi connectivity index (χ4n) is 1.79. The molecule has 2 rings (SSSR count). The quantitative estimate of drug-likeness (QED) is 0.917. The molecule has 2 heterocycles. The van der Waals surface area contributed by atoms with Crippen LogP contribution in [0, 0.1) is 13.8 Å². The van der Waals surface area contributed by atoms with Gasteiger partial charge in [0.25, 0.3) is 0 Å². The molecule has 0 aromatic carbocycles. The number of hydrogen-bond donors (Lipinski definition) is 1. The average Bonchev–Trinajstić information content (AvgIpc) is 2.76. The minimum atomic E-state index is 0.129. The lowest BCUT2D eigenvalue weighted by Gasteiger charge is -2.13. The zero-order valence-corrected chi connectivity index (χ0v) is 13.1. The van der Waals surface area contributed by atoms with Crippen molar-refractivity contribution in [3.63, 3.8) is 0 Å². The number of rotatable bonds is 3. The minimum absolute atomic E-state index is 0.129. The monoisotopic (exact) mass is 275 g/mol. The number of aryl methyl sites for hydroxylation is 2. The third-order valence-electron chi connectivity index (χ3n) is 2.88. The molecule has 0 aliphatic carbocycles. The van der Waals surface area contributed by atoms with E-state index in [-0.39, 0.29) is 5.41 Å². The van der Waals surface area contributed by atoms with Gasteiger partial charge in [0.15, 0.2) is 0 Å². The lowest BCUT2D eigenvalue weighted by Crippen LogP contribution is -2.11. The minimum Gasteiger partial charge on any atom is -0.378 e. The molecule has 0 amide bonds. The molecular weight excluding hydrogens is 254 g/mol. The first-order valence-electron chi connectivity index (χ1n) is 6.49. The first kappa shape index (κ1) is 14.0. The molecule has 0 saturated carbocycles. The second-order valence-corrected chi connectivity index (χ2v) is 6.69. The molecule has 0 aliphatic rings. The summed E-state index contributed by atoms with van der Waals surface area (Å²) < 4.78 is 0. The molecule has 4 heteroatoms. The molecule has 0 radical (unpaired) electrons. The highest BCUT2D eigenvalue weighted by Crippen LogP contribution is 2.26. The number of thiazole rings is 1. The SMILES string of the molecule is Cc1ccc(NCc2csc(C(C)(C)C)n2)c(C)n1. The van der Waals surface area contributed by atoms with Gasteiger partial charge in [-0.25, -0.2) is 4.98 Å². The molecule has 0 bridgehead atoms. The summed E-state index contributed by atoms with van der Waals surface area (Å²) in [6, 6.07) is 4.10. The maximum atomic E-state index is 4.68. The van der Waals surface area contributed by atoms with Crippen LogP contribution < -0.4 is 5.32 Å². The van der Waals surface area contributed by atoms with Crippen molar-refractivity contribution in [2.45, 2.75) is 46.6 Å². The summed E-state index contributed by atoms with van der Waals surface area (Å²) in [7, 11) is 0. The maximum absolute atomic E-state index is 4.68. The van der Waals surface area contributed by atoms with Gasteiger partial charge in [0.05, 0.1) is 28.6 Å². The molecule has 2 aromatic heterocycles. The van der Waals surface area contributed by atoms with Gasteiger partial charge in [-0.15, -0.1) is 11.3 Å². The summed E-state index contributed by atoms with van der Waals surface area (Å²) in [6.45, 7) is 11.4. The van der Waals surface area contributed by atoms with E-state index in [0.717, 1.165) is 29.3 Å². The Kier molecular flexibility index (Phi) is 3.90. The molecule has 102 valence electrons. The van der Waals surface area contributed by atoms with E-state index in [1.165, 1.54) is 5.01 Å². The normalized spacial score (nSPS) is 11.6. The van der Waals surface area contributed by atoms with Crippen molar-refractivity contribution in [1.82, 2.24) is 9.97 Å². The highest BCUT2D eigenvalue weighted by molar-refractivity contribution is 7.09. The average molecular weight is 275 g/mol. The molecule has 0 saturated heterocycles. The Morgan fingerprint density at radius 3 is 2.47 bits per heavy atom. The molecule has 2 aromatic rings. The molecule has 3 nitrogen and oxygen atoms in total. The van der Waals surface area contributed by atoms with E-state index in [4.69, 9.17) is 0 Å². The Bertz CT molecular complexity index is 567. The van der Waals surface area contributed by atoms with Gasteiger partial charge >= 0.3 is 0 Å². The van der Waals surface area contributed by atoms with E-state index in [1.807, 2.05) is 19.9 Å². The van der Waals surface area contributed by atoms with Crippen LogP contribution in [-0.2, 0) is 12.0 Å². The molecule has 0 unspecified atom stereocenters. The first-order chi connectivity index (χ1) is 8.86. The van der Waals surface area contributed by atoms with Gasteiger partial charge in [-0.3, -0.25) is 4.98 Å². The smallest absolute Gasteiger partial charge is 0.0982 e. The summed E-state index contributed by atoms with van der Waals surface area (Å²) in [5.41, 5.74) is 4.38. The lowest BCUT2D eigenvalue weighted by atomic mass is 9.98. The van der Waals surface area contributed by atoms with Gasteiger partial charge in [0.2, 0.25) is 0 Å². The van der Waals surface area contributed by atoms with Crippen LogP contribution in [0.4, 0.5) is 5.69 Å². The Hall–Kier alpha value is -1.42. The van der Waals surface area contributed by atoms with E-state index in [1.54, 1.807) is 11.3 Å². The largest absolute Gasteiger partial charge is 0.378 e. The van der Waals surface area contributed by atoms with Crippen LogP contribution in [0.3, 0.4) is 0 Å². The maximum Gasteiger partial charge on any atom is 0.0982 e. The van der Waals surface area contributed by atoms with Gasteiger partial charge in [-0.05, 0) is 26.0 Å². The van der Waals surface area contributed by atoms with Crippen molar-refractivity contribution >= 4 is 17.0 Å². The summed E-state index contributed by atoms with van der Waals surface area (Å²) in [6.07, 6.45) is 0. The molecule has 1 N–H and O–H groups in total. The highest BCUT2D eigenvalue weighted by Gasteiger charge is 2.17. The number of pyridine rings is 1. The molecule has 19 heavy (non-hydrogen) atoms. The van der Waals surface area contributed by atoms with Crippen LogP contribution in [0.1, 0.15) is 42.9 Å². The molecule has 0 aliphatic heterocycles. The fourth-order valence-corrected chi connectivity index (χ4v) is 2.70. The van der Waals surface area contributed by atoms with Crippen molar-refractivity contribution in [1.29, 1.82) is 0 Å². The zero-order chi connectivity index (χ0) is 14.0. The van der Waals surface area contributed by atoms with E-state index in [0.29, 0.717) is 0 Å². The van der Waals surface area contributed by atoms with Crippen LogP contribution in [0.5, 0.6) is 0 Å². The van der Waals surface area contributed by atoms with Crippen LogP contribution in [0.25, 0.3) is 0 Å². The Morgan fingerprint density at radius 2 is 1.89 bits per heavy atom. The number of anilines is 1. The van der Waals surface area contributed by atoms with Crippen molar-refractivity contribution in [3.05, 3.63) is 39.6 Å². The van der Waals surface area contributed by atoms with Crippen molar-refractivity contribution in [3.8, 4) is 0 Å². The van der Waals surface area contributed by atoms with E-state index in [9.17, 15) is 0 Å². The molecule has 0 fully saturated rings. The first-order valence-corrected chi connectivity index (χ1v) is 7.37. The predicted octanol–water partition coefficient (Wildman–Crippen LogP) is 4.06. The standard InChI is InChI=1S/C15H21N3S/c1-10-6-7-13(11(2)17-10)16-8-12-9-19-14(18-12)15(3,4)5/h6-7,9,16H,8H2,1-5H3. The number of hydrogen-bond acceptors (Lipinski definition) is 4. The summed E-state index contributed by atoms with van der Waals surface area (Å²) in [5.74, 6) is 0. The van der Waals surface area contributed by atoms with E-state index < -0.39 is 0 Å². The second kappa shape index (κ2) is 5.29. The van der Waals surface area contributed by atoms with Crippen LogP contribution in [0.15, 0.2) is 17.5 Å².